The number of aryl methyl sites for hydroxylation is 1. The highest BCUT2D eigenvalue weighted by molar-refractivity contribution is 7.20. The number of para-hydroxylation sites is 2. The summed E-state index contributed by atoms with van der Waals surface area (Å²) >= 11 is 0.826. The van der Waals surface area contributed by atoms with Crippen molar-refractivity contribution in [2.45, 2.75) is 19.0 Å². The van der Waals surface area contributed by atoms with Crippen molar-refractivity contribution >= 4 is 38.4 Å². The molecular weight excluding hydrogens is 391 g/mol. The minimum absolute atomic E-state index is 0.0468. The average Bonchev–Trinajstić information content (AvgIpc) is 3.22. The van der Waals surface area contributed by atoms with Crippen LogP contribution in [0.5, 0.6) is 0 Å². The Hall–Kier alpha value is -3.25. The minimum atomic E-state index is -4.58. The predicted octanol–water partition coefficient (Wildman–Crippen LogP) is 5.25. The summed E-state index contributed by atoms with van der Waals surface area (Å²) in [5.41, 5.74) is 0.392. The number of carbonyl (C=O) groups excluding carboxylic acids is 1. The van der Waals surface area contributed by atoms with Crippen LogP contribution in [-0.4, -0.2) is 15.8 Å². The molecule has 0 N–H and O–H groups in total. The molecule has 0 unspecified atom stereocenters. The molecule has 0 saturated heterocycles. The van der Waals surface area contributed by atoms with Crippen LogP contribution in [0.2, 0.25) is 0 Å². The Kier molecular flexibility index (Phi) is 4.16. The third kappa shape index (κ3) is 2.92. The molecule has 0 saturated carbocycles. The first kappa shape index (κ1) is 18.1. The van der Waals surface area contributed by atoms with Gasteiger partial charge in [-0.25, -0.2) is 9.97 Å². The molecule has 0 radical (unpaired) electrons. The molecule has 140 valence electrons. The lowest BCUT2D eigenvalue weighted by atomic mass is 10.0. The van der Waals surface area contributed by atoms with Gasteiger partial charge in [0.15, 0.2) is 17.3 Å². The number of rotatable bonds is 3. The number of thiophene rings is 1. The Labute approximate surface area is 160 Å². The van der Waals surface area contributed by atoms with E-state index in [9.17, 15) is 23.2 Å². The first-order chi connectivity index (χ1) is 13.3. The second-order valence-corrected chi connectivity index (χ2v) is 7.05. The molecule has 0 aliphatic rings. The van der Waals surface area contributed by atoms with Crippen molar-refractivity contribution in [2.75, 3.05) is 0 Å². The summed E-state index contributed by atoms with van der Waals surface area (Å²) in [6.45, 7) is 1.61. The molecule has 4 rings (SSSR count). The van der Waals surface area contributed by atoms with Crippen LogP contribution in [0.15, 0.2) is 40.8 Å². The average molecular weight is 401 g/mol. The Balaban J connectivity index is 1.78. The van der Waals surface area contributed by atoms with Crippen molar-refractivity contribution in [3.63, 3.8) is 0 Å². The van der Waals surface area contributed by atoms with Crippen LogP contribution in [-0.2, 0) is 6.18 Å². The van der Waals surface area contributed by atoms with E-state index in [-0.39, 0.29) is 15.6 Å². The van der Waals surface area contributed by atoms with Gasteiger partial charge in [-0.1, -0.05) is 12.1 Å². The summed E-state index contributed by atoms with van der Waals surface area (Å²) in [4.78, 5) is 21.0. The van der Waals surface area contributed by atoms with Gasteiger partial charge in [-0.05, 0) is 36.8 Å². The van der Waals surface area contributed by atoms with Gasteiger partial charge in [0.2, 0.25) is 5.89 Å². The zero-order chi connectivity index (χ0) is 20.1. The van der Waals surface area contributed by atoms with Crippen molar-refractivity contribution in [1.29, 1.82) is 5.26 Å². The zero-order valence-electron chi connectivity index (χ0n) is 14.2. The number of pyridine rings is 1. The highest BCUT2D eigenvalue weighted by Gasteiger charge is 2.34. The Morgan fingerprint density at radius 2 is 1.96 bits per heavy atom. The summed E-state index contributed by atoms with van der Waals surface area (Å²) in [5, 5.41) is 9.96. The lowest BCUT2D eigenvalue weighted by Crippen LogP contribution is -2.11. The second-order valence-electron chi connectivity index (χ2n) is 6.05. The summed E-state index contributed by atoms with van der Waals surface area (Å²) in [6, 6.07) is 10.9. The van der Waals surface area contributed by atoms with E-state index < -0.39 is 23.6 Å². The first-order valence-corrected chi connectivity index (χ1v) is 8.88. The number of ketones is 1. The number of nitriles is 1. The summed E-state index contributed by atoms with van der Waals surface area (Å²) in [6.07, 6.45) is -4.58. The highest BCUT2D eigenvalue weighted by Crippen LogP contribution is 2.36. The Morgan fingerprint density at radius 1 is 1.21 bits per heavy atom. The molecule has 3 heterocycles. The van der Waals surface area contributed by atoms with E-state index in [0.717, 1.165) is 17.4 Å². The van der Waals surface area contributed by atoms with Crippen molar-refractivity contribution in [3.8, 4) is 6.07 Å². The maximum Gasteiger partial charge on any atom is 0.433 e. The summed E-state index contributed by atoms with van der Waals surface area (Å²) in [7, 11) is 0. The fourth-order valence-corrected chi connectivity index (χ4v) is 4.01. The molecule has 9 heteroatoms. The van der Waals surface area contributed by atoms with Gasteiger partial charge in [0.05, 0.1) is 10.9 Å². The molecule has 28 heavy (non-hydrogen) atoms. The third-order valence-electron chi connectivity index (χ3n) is 4.27. The molecule has 1 aromatic carbocycles. The minimum Gasteiger partial charge on any atom is -0.439 e. The van der Waals surface area contributed by atoms with Crippen LogP contribution in [0.4, 0.5) is 13.2 Å². The first-order valence-electron chi connectivity index (χ1n) is 8.06. The van der Waals surface area contributed by atoms with E-state index in [0.29, 0.717) is 22.0 Å². The quantitative estimate of drug-likeness (QED) is 0.438. The number of halogens is 3. The van der Waals surface area contributed by atoms with E-state index in [2.05, 4.69) is 9.97 Å². The van der Waals surface area contributed by atoms with Crippen molar-refractivity contribution in [3.05, 3.63) is 58.4 Å². The maximum absolute atomic E-state index is 13.0. The lowest BCUT2D eigenvalue weighted by molar-refractivity contribution is -0.140. The van der Waals surface area contributed by atoms with Gasteiger partial charge in [-0.15, -0.1) is 11.3 Å². The Morgan fingerprint density at radius 3 is 2.64 bits per heavy atom. The van der Waals surface area contributed by atoms with E-state index in [1.54, 1.807) is 31.2 Å². The maximum atomic E-state index is 13.0. The molecule has 4 aromatic rings. The molecule has 1 atom stereocenters. The molecule has 0 fully saturated rings. The summed E-state index contributed by atoms with van der Waals surface area (Å²) < 4.78 is 44.2. The van der Waals surface area contributed by atoms with E-state index in [1.807, 2.05) is 6.07 Å². The number of fused-ring (bicyclic) bond motifs is 2. The molecular formula is C19H10F3N3O2S. The number of carbonyl (C=O) groups is 1. The van der Waals surface area contributed by atoms with Crippen molar-refractivity contribution in [2.24, 2.45) is 0 Å². The van der Waals surface area contributed by atoms with E-state index in [1.165, 1.54) is 6.07 Å². The molecule has 0 amide bonds. The van der Waals surface area contributed by atoms with Crippen LogP contribution >= 0.6 is 11.3 Å². The Bertz CT molecular complexity index is 1230. The third-order valence-corrected chi connectivity index (χ3v) is 5.48. The predicted molar refractivity (Wildman–Crippen MR) is 96.1 cm³/mol. The topological polar surface area (TPSA) is 79.8 Å². The summed E-state index contributed by atoms with van der Waals surface area (Å²) in [5.74, 6) is -1.93. The van der Waals surface area contributed by atoms with Crippen molar-refractivity contribution in [1.82, 2.24) is 9.97 Å². The standard InChI is InChI=1S/C19H10F3N3O2S/c1-9-10-6-7-14(19(20,21)22)25-18(10)28-16(9)15(26)11(8-23)17-24-12-4-2-3-5-13(12)27-17/h2-7,11H,1H3/t11-/m1/s1. The van der Waals surface area contributed by atoms with Crippen LogP contribution in [0.25, 0.3) is 21.3 Å². The SMILES string of the molecule is Cc1c(C(=O)[C@@H](C#N)c2nc3ccccc3o2)sc2nc(C(F)(F)F)ccc12. The van der Waals surface area contributed by atoms with Crippen LogP contribution in [0.1, 0.15) is 32.7 Å². The zero-order valence-corrected chi connectivity index (χ0v) is 15.1. The molecule has 0 bridgehead atoms. The molecule has 0 aliphatic heterocycles. The number of Topliss-reactive ketones (excluding diaryl/α,β-unsaturated/α-hetero) is 1. The smallest absolute Gasteiger partial charge is 0.433 e. The number of nitrogens with zero attached hydrogens (tertiary/aromatic N) is 3. The molecule has 0 spiro atoms. The van der Waals surface area contributed by atoms with Gasteiger partial charge in [-0.2, -0.15) is 18.4 Å². The molecule has 5 nitrogen and oxygen atoms in total. The number of hydrogen-bond acceptors (Lipinski definition) is 6. The number of hydrogen-bond donors (Lipinski definition) is 0. The van der Waals surface area contributed by atoms with Gasteiger partial charge in [0, 0.05) is 5.39 Å². The van der Waals surface area contributed by atoms with Gasteiger partial charge in [-0.3, -0.25) is 4.79 Å². The second kappa shape index (κ2) is 6.42. The fourth-order valence-electron chi connectivity index (χ4n) is 2.86. The van der Waals surface area contributed by atoms with Crippen LogP contribution in [0, 0.1) is 18.3 Å². The van der Waals surface area contributed by atoms with Gasteiger partial charge < -0.3 is 4.42 Å². The highest BCUT2D eigenvalue weighted by atomic mass is 32.1. The van der Waals surface area contributed by atoms with E-state index >= 15 is 0 Å². The van der Waals surface area contributed by atoms with Crippen molar-refractivity contribution < 1.29 is 22.4 Å². The molecule has 0 aliphatic carbocycles. The molecule has 3 aromatic heterocycles. The number of alkyl halides is 3. The largest absolute Gasteiger partial charge is 0.439 e. The van der Waals surface area contributed by atoms with Crippen LogP contribution < -0.4 is 0 Å². The van der Waals surface area contributed by atoms with E-state index in [4.69, 9.17) is 4.42 Å². The fraction of sp³-hybridized carbons (Fsp3) is 0.158. The number of oxazole rings is 1. The monoisotopic (exact) mass is 401 g/mol. The van der Waals surface area contributed by atoms with Gasteiger partial charge >= 0.3 is 6.18 Å². The van der Waals surface area contributed by atoms with Gasteiger partial charge in [0.25, 0.3) is 0 Å². The van der Waals surface area contributed by atoms with Crippen LogP contribution in [0.3, 0.4) is 0 Å². The number of aromatic nitrogens is 2. The van der Waals surface area contributed by atoms with Gasteiger partial charge in [0.1, 0.15) is 16.0 Å². The number of benzene rings is 1. The normalized spacial score (nSPS) is 13.0. The lowest BCUT2D eigenvalue weighted by Gasteiger charge is -2.04.